The number of carboxylic acids is 2. The first kappa shape index (κ1) is 16.6. The molecule has 0 saturated carbocycles. The smallest absolute Gasteiger partial charge is 0.326 e. The predicted molar refractivity (Wildman–Crippen MR) is 72.3 cm³/mol. The molecule has 8 heteroatoms. The third-order valence-electron chi connectivity index (χ3n) is 2.36. The van der Waals surface area contributed by atoms with E-state index in [0.29, 0.717) is 5.56 Å². The lowest BCUT2D eigenvalue weighted by atomic mass is 10.2. The maximum atomic E-state index is 12.9. The topological polar surface area (TPSA) is 104 Å². The van der Waals surface area contributed by atoms with Gasteiger partial charge in [-0.05, 0) is 23.8 Å². The van der Waals surface area contributed by atoms with Crippen LogP contribution >= 0.6 is 11.6 Å². The number of aliphatic carboxylic acids is 2. The first-order valence-electron chi connectivity index (χ1n) is 5.68. The highest BCUT2D eigenvalue weighted by molar-refractivity contribution is 6.30. The maximum absolute atomic E-state index is 12.9. The van der Waals surface area contributed by atoms with Gasteiger partial charge < -0.3 is 15.5 Å². The van der Waals surface area contributed by atoms with E-state index in [1.165, 1.54) is 18.2 Å². The summed E-state index contributed by atoms with van der Waals surface area (Å²) in [5.41, 5.74) is 0.432. The van der Waals surface area contributed by atoms with E-state index in [4.69, 9.17) is 21.8 Å². The second-order valence-electron chi connectivity index (χ2n) is 4.00. The Bertz CT molecular complexity index is 602. The molecule has 112 valence electrons. The zero-order valence-electron chi connectivity index (χ0n) is 10.5. The first-order chi connectivity index (χ1) is 9.79. The van der Waals surface area contributed by atoms with Gasteiger partial charge in [0.1, 0.15) is 11.9 Å². The van der Waals surface area contributed by atoms with Crippen LogP contribution in [0.2, 0.25) is 5.02 Å². The summed E-state index contributed by atoms with van der Waals surface area (Å²) >= 11 is 5.56. The molecule has 1 atom stereocenters. The van der Waals surface area contributed by atoms with Crippen molar-refractivity contribution < 1.29 is 29.0 Å². The number of rotatable bonds is 6. The van der Waals surface area contributed by atoms with E-state index in [0.717, 1.165) is 12.1 Å². The summed E-state index contributed by atoms with van der Waals surface area (Å²) in [5, 5.41) is 19.2. The summed E-state index contributed by atoms with van der Waals surface area (Å²) in [6, 6.07) is 2.24. The molecule has 1 aromatic rings. The average Bonchev–Trinajstić information content (AvgIpc) is 2.38. The highest BCUT2D eigenvalue weighted by Gasteiger charge is 2.21. The molecular weight excluding hydrogens is 305 g/mol. The Hall–Kier alpha value is -2.41. The van der Waals surface area contributed by atoms with Crippen molar-refractivity contribution in [3.05, 3.63) is 40.7 Å². The third kappa shape index (κ3) is 5.62. The molecule has 0 heterocycles. The molecule has 0 saturated heterocycles. The molecule has 1 aromatic carbocycles. The molecule has 1 unspecified atom stereocenters. The van der Waals surface area contributed by atoms with Crippen molar-refractivity contribution in [1.82, 2.24) is 5.32 Å². The molecule has 0 aromatic heterocycles. The summed E-state index contributed by atoms with van der Waals surface area (Å²) in [5.74, 6) is -4.20. The van der Waals surface area contributed by atoms with Crippen molar-refractivity contribution in [2.75, 3.05) is 0 Å². The lowest BCUT2D eigenvalue weighted by Crippen LogP contribution is -2.41. The minimum Gasteiger partial charge on any atom is -0.481 e. The molecule has 0 spiro atoms. The zero-order chi connectivity index (χ0) is 16.0. The Kier molecular flexibility index (Phi) is 5.86. The Balaban J connectivity index is 2.70. The zero-order valence-corrected chi connectivity index (χ0v) is 11.3. The average molecular weight is 316 g/mol. The fourth-order valence-electron chi connectivity index (χ4n) is 1.38. The van der Waals surface area contributed by atoms with Crippen LogP contribution in [0.15, 0.2) is 24.3 Å². The summed E-state index contributed by atoms with van der Waals surface area (Å²) in [4.78, 5) is 32.7. The van der Waals surface area contributed by atoms with E-state index < -0.39 is 36.1 Å². The fourth-order valence-corrected chi connectivity index (χ4v) is 1.57. The van der Waals surface area contributed by atoms with Crippen LogP contribution in [0.1, 0.15) is 12.0 Å². The lowest BCUT2D eigenvalue weighted by Gasteiger charge is -2.10. The van der Waals surface area contributed by atoms with Gasteiger partial charge in [-0.1, -0.05) is 17.7 Å². The van der Waals surface area contributed by atoms with Gasteiger partial charge in [-0.15, -0.1) is 0 Å². The third-order valence-corrected chi connectivity index (χ3v) is 2.65. The molecule has 0 bridgehead atoms. The fraction of sp³-hybridized carbons (Fsp3) is 0.154. The molecule has 0 radical (unpaired) electrons. The van der Waals surface area contributed by atoms with Crippen molar-refractivity contribution in [2.45, 2.75) is 12.5 Å². The highest BCUT2D eigenvalue weighted by atomic mass is 35.5. The number of halogens is 2. The Morgan fingerprint density at radius 3 is 2.52 bits per heavy atom. The van der Waals surface area contributed by atoms with Crippen LogP contribution in [0.4, 0.5) is 4.39 Å². The van der Waals surface area contributed by atoms with E-state index in [1.54, 1.807) is 0 Å². The van der Waals surface area contributed by atoms with Crippen molar-refractivity contribution in [3.8, 4) is 0 Å². The van der Waals surface area contributed by atoms with Gasteiger partial charge in [-0.25, -0.2) is 9.18 Å². The monoisotopic (exact) mass is 315 g/mol. The largest absolute Gasteiger partial charge is 0.481 e. The van der Waals surface area contributed by atoms with Gasteiger partial charge in [0.05, 0.1) is 11.4 Å². The van der Waals surface area contributed by atoms with Crippen molar-refractivity contribution in [1.29, 1.82) is 0 Å². The Morgan fingerprint density at radius 1 is 1.33 bits per heavy atom. The summed E-state index contributed by atoms with van der Waals surface area (Å²) < 4.78 is 12.9. The van der Waals surface area contributed by atoms with Crippen molar-refractivity contribution >= 4 is 35.5 Å². The van der Waals surface area contributed by atoms with E-state index in [9.17, 15) is 18.8 Å². The molecule has 0 aliphatic carbocycles. The van der Waals surface area contributed by atoms with Crippen LogP contribution in [0.25, 0.3) is 6.08 Å². The molecule has 0 fully saturated rings. The molecule has 1 amide bonds. The van der Waals surface area contributed by atoms with E-state index in [1.807, 2.05) is 5.32 Å². The van der Waals surface area contributed by atoms with Crippen molar-refractivity contribution in [3.63, 3.8) is 0 Å². The standard InChI is InChI=1S/C13H11ClFNO5/c14-8-5-7(1-3-9(8)15)2-4-11(17)16-10(13(20)21)6-12(18)19/h1-5,10H,6H2,(H,16,17)(H,18,19)(H,20,21)/b4-2+. The van der Waals surface area contributed by atoms with Crippen LogP contribution in [-0.2, 0) is 14.4 Å². The minimum absolute atomic E-state index is 0.119. The van der Waals surface area contributed by atoms with E-state index >= 15 is 0 Å². The van der Waals surface area contributed by atoms with Gasteiger partial charge in [0.2, 0.25) is 5.91 Å². The Morgan fingerprint density at radius 2 is 2.00 bits per heavy atom. The SMILES string of the molecule is O=C(O)CC(NC(=O)/C=C/c1ccc(F)c(Cl)c1)C(=O)O. The summed E-state index contributed by atoms with van der Waals surface area (Å²) in [6.07, 6.45) is 1.55. The molecule has 0 aliphatic rings. The van der Waals surface area contributed by atoms with E-state index in [-0.39, 0.29) is 5.02 Å². The Labute approximate surface area is 123 Å². The maximum Gasteiger partial charge on any atom is 0.326 e. The number of amides is 1. The van der Waals surface area contributed by atoms with Crippen LogP contribution in [0.3, 0.4) is 0 Å². The van der Waals surface area contributed by atoms with Crippen LogP contribution in [-0.4, -0.2) is 34.1 Å². The second-order valence-corrected chi connectivity index (χ2v) is 4.41. The molecule has 6 nitrogen and oxygen atoms in total. The van der Waals surface area contributed by atoms with Gasteiger partial charge >= 0.3 is 11.9 Å². The lowest BCUT2D eigenvalue weighted by molar-refractivity contribution is -0.146. The number of hydrogen-bond acceptors (Lipinski definition) is 3. The summed E-state index contributed by atoms with van der Waals surface area (Å²) in [6.45, 7) is 0. The van der Waals surface area contributed by atoms with Crippen molar-refractivity contribution in [2.24, 2.45) is 0 Å². The number of nitrogens with one attached hydrogen (secondary N) is 1. The van der Waals surface area contributed by atoms with Crippen LogP contribution in [0.5, 0.6) is 0 Å². The second kappa shape index (κ2) is 7.39. The van der Waals surface area contributed by atoms with E-state index in [2.05, 4.69) is 0 Å². The van der Waals surface area contributed by atoms with Gasteiger partial charge in [0.15, 0.2) is 0 Å². The molecule has 3 N–H and O–H groups in total. The van der Waals surface area contributed by atoms with Gasteiger partial charge in [-0.3, -0.25) is 9.59 Å². The van der Waals surface area contributed by atoms with Crippen LogP contribution in [0, 0.1) is 5.82 Å². The number of carbonyl (C=O) groups excluding carboxylic acids is 1. The highest BCUT2D eigenvalue weighted by Crippen LogP contribution is 2.16. The predicted octanol–water partition coefficient (Wildman–Crippen LogP) is 1.54. The summed E-state index contributed by atoms with van der Waals surface area (Å²) in [7, 11) is 0. The normalized spacial score (nSPS) is 12.1. The van der Waals surface area contributed by atoms with Gasteiger partial charge in [0, 0.05) is 6.08 Å². The number of hydrogen-bond donors (Lipinski definition) is 3. The molecule has 1 rings (SSSR count). The number of benzene rings is 1. The van der Waals surface area contributed by atoms with Gasteiger partial charge in [-0.2, -0.15) is 0 Å². The molecule has 0 aliphatic heterocycles. The number of carbonyl (C=O) groups is 3. The minimum atomic E-state index is -1.53. The van der Waals surface area contributed by atoms with Crippen LogP contribution < -0.4 is 5.32 Å². The first-order valence-corrected chi connectivity index (χ1v) is 6.05. The number of carboxylic acid groups (broad SMARTS) is 2. The molecule has 21 heavy (non-hydrogen) atoms. The van der Waals surface area contributed by atoms with Gasteiger partial charge in [0.25, 0.3) is 0 Å². The quantitative estimate of drug-likeness (QED) is 0.691. The molecular formula is C13H11ClFNO5.